The summed E-state index contributed by atoms with van der Waals surface area (Å²) in [5.41, 5.74) is 0. The van der Waals surface area contributed by atoms with Gasteiger partial charge in [0.1, 0.15) is 0 Å². The number of thioether (sulfide) groups is 1. The second kappa shape index (κ2) is 5.60. The van der Waals surface area contributed by atoms with Gasteiger partial charge in [-0.15, -0.1) is 0 Å². The highest BCUT2D eigenvalue weighted by molar-refractivity contribution is 7.98. The third-order valence-electron chi connectivity index (χ3n) is 3.06. The number of hydrogen-bond donors (Lipinski definition) is 1. The Morgan fingerprint density at radius 1 is 1.65 bits per heavy atom. The molecule has 1 aromatic rings. The third-order valence-corrected chi connectivity index (χ3v) is 3.68. The normalized spacial score (nSPS) is 19.9. The van der Waals surface area contributed by atoms with Crippen molar-refractivity contribution < 1.29 is 9.21 Å². The molecule has 94 valence electrons. The number of likely N-dealkylation sites (tertiary alicyclic amines) is 1. The lowest BCUT2D eigenvalue weighted by Crippen LogP contribution is -2.30. The number of carbonyl (C=O) groups is 1. The van der Waals surface area contributed by atoms with Gasteiger partial charge in [-0.1, -0.05) is 11.8 Å². The van der Waals surface area contributed by atoms with Crippen LogP contribution >= 0.6 is 11.8 Å². The molecule has 0 spiro atoms. The lowest BCUT2D eigenvalue weighted by Gasteiger charge is -2.14. The molecule has 0 aliphatic carbocycles. The zero-order chi connectivity index (χ0) is 12.3. The Morgan fingerprint density at radius 2 is 2.47 bits per heavy atom. The molecule has 5 heteroatoms. The molecule has 0 aromatic carbocycles. The topological polar surface area (TPSA) is 45.5 Å². The number of nitrogens with one attached hydrogen (secondary N) is 1. The first-order chi connectivity index (χ1) is 8.24. The number of amides is 1. The van der Waals surface area contributed by atoms with Crippen LogP contribution in [0, 0.1) is 5.92 Å². The average Bonchev–Trinajstić information content (AvgIpc) is 2.97. The minimum Gasteiger partial charge on any atom is -0.445 e. The molecule has 2 heterocycles. The standard InChI is InChI=1S/C12H18N2O2S/c1-13-7-9-5-6-14(8-9)12(15)10-3-4-11(16-10)17-2/h3-4,9,13H,5-8H2,1-2H3. The Labute approximate surface area is 106 Å². The number of hydrogen-bond acceptors (Lipinski definition) is 4. The molecule has 1 amide bonds. The van der Waals surface area contributed by atoms with E-state index in [1.165, 1.54) is 11.8 Å². The van der Waals surface area contributed by atoms with Crippen molar-refractivity contribution in [1.82, 2.24) is 10.2 Å². The smallest absolute Gasteiger partial charge is 0.289 e. The minimum atomic E-state index is 0.0175. The Kier molecular flexibility index (Phi) is 4.12. The highest BCUT2D eigenvalue weighted by Gasteiger charge is 2.27. The largest absolute Gasteiger partial charge is 0.445 e. The molecule has 2 rings (SSSR count). The monoisotopic (exact) mass is 254 g/mol. The van der Waals surface area contributed by atoms with Gasteiger partial charge < -0.3 is 14.6 Å². The Hall–Kier alpha value is -0.940. The SMILES string of the molecule is CNCC1CCN(C(=O)c2ccc(SC)o2)C1. The minimum absolute atomic E-state index is 0.0175. The third kappa shape index (κ3) is 2.84. The zero-order valence-electron chi connectivity index (χ0n) is 10.2. The summed E-state index contributed by atoms with van der Waals surface area (Å²) in [7, 11) is 1.95. The Bertz CT molecular complexity index is 392. The summed E-state index contributed by atoms with van der Waals surface area (Å²) in [5, 5.41) is 3.95. The van der Waals surface area contributed by atoms with E-state index < -0.39 is 0 Å². The van der Waals surface area contributed by atoms with Crippen molar-refractivity contribution in [1.29, 1.82) is 0 Å². The average molecular weight is 254 g/mol. The zero-order valence-corrected chi connectivity index (χ0v) is 11.0. The molecular weight excluding hydrogens is 236 g/mol. The molecule has 0 bridgehead atoms. The molecule has 4 nitrogen and oxygen atoms in total. The molecule has 0 saturated carbocycles. The van der Waals surface area contributed by atoms with Gasteiger partial charge in [-0.05, 0) is 44.3 Å². The molecule has 1 unspecified atom stereocenters. The van der Waals surface area contributed by atoms with E-state index in [0.29, 0.717) is 11.7 Å². The van der Waals surface area contributed by atoms with Crippen molar-refractivity contribution in [2.24, 2.45) is 5.92 Å². The molecular formula is C12H18N2O2S. The van der Waals surface area contributed by atoms with Crippen LogP contribution in [-0.4, -0.2) is 43.7 Å². The maximum Gasteiger partial charge on any atom is 0.289 e. The highest BCUT2D eigenvalue weighted by atomic mass is 32.2. The van der Waals surface area contributed by atoms with Crippen LogP contribution in [0.5, 0.6) is 0 Å². The van der Waals surface area contributed by atoms with Crippen LogP contribution < -0.4 is 5.32 Å². The number of nitrogens with zero attached hydrogens (tertiary/aromatic N) is 1. The van der Waals surface area contributed by atoms with Gasteiger partial charge in [0.05, 0.1) is 0 Å². The van der Waals surface area contributed by atoms with Gasteiger partial charge in [0.2, 0.25) is 0 Å². The first kappa shape index (κ1) is 12.5. The predicted molar refractivity (Wildman–Crippen MR) is 68.4 cm³/mol. The van der Waals surface area contributed by atoms with Crippen LogP contribution in [0.3, 0.4) is 0 Å². The summed E-state index contributed by atoms with van der Waals surface area (Å²) in [6.07, 6.45) is 3.01. The maximum atomic E-state index is 12.1. The Morgan fingerprint density at radius 3 is 3.12 bits per heavy atom. The first-order valence-corrected chi connectivity index (χ1v) is 7.04. The van der Waals surface area contributed by atoms with E-state index in [0.717, 1.165) is 31.1 Å². The summed E-state index contributed by atoms with van der Waals surface area (Å²) in [6, 6.07) is 3.61. The van der Waals surface area contributed by atoms with E-state index >= 15 is 0 Å². The first-order valence-electron chi connectivity index (χ1n) is 5.82. The molecule has 17 heavy (non-hydrogen) atoms. The molecule has 0 radical (unpaired) electrons. The fourth-order valence-electron chi connectivity index (χ4n) is 2.17. The van der Waals surface area contributed by atoms with E-state index in [9.17, 15) is 4.79 Å². The van der Waals surface area contributed by atoms with Gasteiger partial charge in [0.25, 0.3) is 5.91 Å². The van der Waals surface area contributed by atoms with Gasteiger partial charge >= 0.3 is 0 Å². The van der Waals surface area contributed by atoms with E-state index in [1.807, 2.05) is 24.3 Å². The number of rotatable bonds is 4. The molecule has 1 atom stereocenters. The molecule has 1 saturated heterocycles. The summed E-state index contributed by atoms with van der Waals surface area (Å²) in [4.78, 5) is 14.0. The second-order valence-corrected chi connectivity index (χ2v) is 5.10. The fraction of sp³-hybridized carbons (Fsp3) is 0.583. The van der Waals surface area contributed by atoms with E-state index in [4.69, 9.17) is 4.42 Å². The number of carbonyl (C=O) groups excluding carboxylic acids is 1. The van der Waals surface area contributed by atoms with Gasteiger partial charge in [-0.2, -0.15) is 0 Å². The predicted octanol–water partition coefficient (Wildman–Crippen LogP) is 1.68. The van der Waals surface area contributed by atoms with Crippen molar-refractivity contribution in [3.63, 3.8) is 0 Å². The van der Waals surface area contributed by atoms with Crippen molar-refractivity contribution in [3.8, 4) is 0 Å². The molecule has 1 fully saturated rings. The van der Waals surface area contributed by atoms with Crippen LogP contribution in [0.15, 0.2) is 21.6 Å². The van der Waals surface area contributed by atoms with Crippen LogP contribution in [-0.2, 0) is 0 Å². The van der Waals surface area contributed by atoms with Gasteiger partial charge in [-0.25, -0.2) is 0 Å². The summed E-state index contributed by atoms with van der Waals surface area (Å²) in [5.74, 6) is 1.04. The molecule has 1 aliphatic rings. The highest BCUT2D eigenvalue weighted by Crippen LogP contribution is 2.22. The summed E-state index contributed by atoms with van der Waals surface area (Å²) < 4.78 is 5.46. The lowest BCUT2D eigenvalue weighted by molar-refractivity contribution is 0.0750. The quantitative estimate of drug-likeness (QED) is 0.830. The van der Waals surface area contributed by atoms with Crippen molar-refractivity contribution >= 4 is 17.7 Å². The van der Waals surface area contributed by atoms with Crippen LogP contribution in [0.1, 0.15) is 17.0 Å². The van der Waals surface area contributed by atoms with Crippen molar-refractivity contribution in [3.05, 3.63) is 17.9 Å². The summed E-state index contributed by atoms with van der Waals surface area (Å²) in [6.45, 7) is 2.63. The van der Waals surface area contributed by atoms with E-state index in [-0.39, 0.29) is 5.91 Å². The lowest BCUT2D eigenvalue weighted by atomic mass is 10.1. The summed E-state index contributed by atoms with van der Waals surface area (Å²) >= 11 is 1.51. The van der Waals surface area contributed by atoms with Crippen LogP contribution in [0.25, 0.3) is 0 Å². The van der Waals surface area contributed by atoms with E-state index in [1.54, 1.807) is 6.07 Å². The molecule has 1 aliphatic heterocycles. The Balaban J connectivity index is 1.96. The van der Waals surface area contributed by atoms with Crippen LogP contribution in [0.4, 0.5) is 0 Å². The van der Waals surface area contributed by atoms with Gasteiger partial charge in [-0.3, -0.25) is 4.79 Å². The maximum absolute atomic E-state index is 12.1. The second-order valence-electron chi connectivity index (χ2n) is 4.29. The fourth-order valence-corrected chi connectivity index (χ4v) is 2.55. The van der Waals surface area contributed by atoms with Gasteiger partial charge in [0, 0.05) is 13.1 Å². The molecule has 1 aromatic heterocycles. The van der Waals surface area contributed by atoms with Crippen molar-refractivity contribution in [2.75, 3.05) is 32.9 Å². The number of furan rings is 1. The molecule has 1 N–H and O–H groups in total. The van der Waals surface area contributed by atoms with E-state index in [2.05, 4.69) is 5.32 Å². The van der Waals surface area contributed by atoms with Gasteiger partial charge in [0.15, 0.2) is 10.9 Å². The van der Waals surface area contributed by atoms with Crippen molar-refractivity contribution in [2.45, 2.75) is 11.5 Å². The van der Waals surface area contributed by atoms with Crippen LogP contribution in [0.2, 0.25) is 0 Å².